The molecular formula is C23H24ClNO3. The van der Waals surface area contributed by atoms with Crippen molar-refractivity contribution in [3.05, 3.63) is 82.9 Å². The van der Waals surface area contributed by atoms with Gasteiger partial charge in [0.1, 0.15) is 12.4 Å². The van der Waals surface area contributed by atoms with Gasteiger partial charge in [0.05, 0.1) is 13.7 Å². The minimum Gasteiger partial charge on any atom is -0.497 e. The van der Waals surface area contributed by atoms with Crippen LogP contribution < -0.4 is 19.5 Å². The van der Waals surface area contributed by atoms with Crippen LogP contribution in [0.5, 0.6) is 17.2 Å². The fourth-order valence-electron chi connectivity index (χ4n) is 2.78. The van der Waals surface area contributed by atoms with E-state index < -0.39 is 0 Å². The molecular weight excluding hydrogens is 374 g/mol. The third kappa shape index (κ3) is 5.33. The molecule has 0 unspecified atom stereocenters. The summed E-state index contributed by atoms with van der Waals surface area (Å²) < 4.78 is 17.1. The Morgan fingerprint density at radius 2 is 1.64 bits per heavy atom. The van der Waals surface area contributed by atoms with Crippen LogP contribution in [0.2, 0.25) is 5.02 Å². The van der Waals surface area contributed by atoms with Crippen molar-refractivity contribution in [1.29, 1.82) is 0 Å². The molecule has 0 bridgehead atoms. The van der Waals surface area contributed by atoms with Crippen LogP contribution in [0.15, 0.2) is 66.7 Å². The zero-order valence-corrected chi connectivity index (χ0v) is 16.8. The Kier molecular flexibility index (Phi) is 7.04. The van der Waals surface area contributed by atoms with Gasteiger partial charge < -0.3 is 19.5 Å². The second-order valence-corrected chi connectivity index (χ2v) is 6.61. The van der Waals surface area contributed by atoms with E-state index in [9.17, 15) is 0 Å². The van der Waals surface area contributed by atoms with Gasteiger partial charge in [-0.3, -0.25) is 0 Å². The Morgan fingerprint density at radius 1 is 0.893 bits per heavy atom. The number of nitrogens with one attached hydrogen (secondary N) is 1. The van der Waals surface area contributed by atoms with E-state index in [4.69, 9.17) is 25.8 Å². The summed E-state index contributed by atoms with van der Waals surface area (Å²) in [7, 11) is 1.66. The molecule has 0 aromatic heterocycles. The normalized spacial score (nSPS) is 10.4. The molecule has 0 aliphatic rings. The van der Waals surface area contributed by atoms with Gasteiger partial charge in [-0.05, 0) is 55.0 Å². The molecule has 28 heavy (non-hydrogen) atoms. The lowest BCUT2D eigenvalue weighted by Gasteiger charge is -2.17. The minimum absolute atomic E-state index is 0.441. The zero-order valence-electron chi connectivity index (χ0n) is 16.1. The highest BCUT2D eigenvalue weighted by Gasteiger charge is 2.12. The fourth-order valence-corrected chi connectivity index (χ4v) is 2.90. The number of hydrogen-bond donors (Lipinski definition) is 1. The molecule has 3 rings (SSSR count). The molecule has 0 saturated heterocycles. The van der Waals surface area contributed by atoms with Crippen molar-refractivity contribution in [3.63, 3.8) is 0 Å². The first-order valence-electron chi connectivity index (χ1n) is 9.19. The molecule has 3 aromatic carbocycles. The van der Waals surface area contributed by atoms with E-state index in [1.54, 1.807) is 7.11 Å². The van der Waals surface area contributed by atoms with E-state index in [0.717, 1.165) is 34.1 Å². The number of methoxy groups -OCH3 is 1. The van der Waals surface area contributed by atoms with Crippen LogP contribution in [0.4, 0.5) is 5.69 Å². The first-order chi connectivity index (χ1) is 13.7. The minimum atomic E-state index is 0.441. The number of para-hydroxylation sites is 1. The Labute approximate surface area is 171 Å². The Balaban J connectivity index is 1.75. The molecule has 0 fully saturated rings. The van der Waals surface area contributed by atoms with Crippen LogP contribution in [0.3, 0.4) is 0 Å². The lowest BCUT2D eigenvalue weighted by atomic mass is 10.1. The van der Waals surface area contributed by atoms with E-state index in [-0.39, 0.29) is 0 Å². The van der Waals surface area contributed by atoms with Crippen LogP contribution in [-0.2, 0) is 13.2 Å². The number of hydrogen-bond acceptors (Lipinski definition) is 4. The Bertz CT molecular complexity index is 879. The number of ether oxygens (including phenoxy) is 3. The molecule has 4 nitrogen and oxygen atoms in total. The molecule has 0 atom stereocenters. The van der Waals surface area contributed by atoms with Gasteiger partial charge >= 0.3 is 0 Å². The van der Waals surface area contributed by atoms with Crippen LogP contribution in [0.1, 0.15) is 18.1 Å². The number of anilines is 1. The highest BCUT2D eigenvalue weighted by Crippen LogP contribution is 2.33. The molecule has 3 aromatic rings. The van der Waals surface area contributed by atoms with Crippen LogP contribution in [0.25, 0.3) is 0 Å². The molecule has 0 spiro atoms. The summed E-state index contributed by atoms with van der Waals surface area (Å²) in [5, 5.41) is 4.13. The lowest BCUT2D eigenvalue weighted by Crippen LogP contribution is -2.06. The molecule has 0 saturated carbocycles. The van der Waals surface area contributed by atoms with Crippen molar-refractivity contribution in [2.75, 3.05) is 19.0 Å². The van der Waals surface area contributed by atoms with E-state index >= 15 is 0 Å². The average Bonchev–Trinajstić information content (AvgIpc) is 2.73. The van der Waals surface area contributed by atoms with Gasteiger partial charge in [0.2, 0.25) is 0 Å². The van der Waals surface area contributed by atoms with Crippen molar-refractivity contribution >= 4 is 17.3 Å². The van der Waals surface area contributed by atoms with E-state index in [1.165, 1.54) is 0 Å². The third-order valence-corrected chi connectivity index (χ3v) is 4.48. The molecule has 5 heteroatoms. The standard InChI is InChI=1S/C23H24ClNO3/c1-3-27-22-6-4-5-18(15-25-20-11-13-21(26-2)14-12-20)23(22)28-16-17-7-9-19(24)10-8-17/h4-14,25H,3,15-16H2,1-2H3. The quantitative estimate of drug-likeness (QED) is 0.485. The molecule has 0 heterocycles. The van der Waals surface area contributed by atoms with Crippen LogP contribution >= 0.6 is 11.6 Å². The largest absolute Gasteiger partial charge is 0.497 e. The summed E-state index contributed by atoms with van der Waals surface area (Å²) in [4.78, 5) is 0. The highest BCUT2D eigenvalue weighted by atomic mass is 35.5. The summed E-state index contributed by atoms with van der Waals surface area (Å²) in [6, 6.07) is 21.4. The second-order valence-electron chi connectivity index (χ2n) is 6.17. The van der Waals surface area contributed by atoms with Crippen molar-refractivity contribution in [3.8, 4) is 17.2 Å². The molecule has 0 amide bonds. The summed E-state index contributed by atoms with van der Waals surface area (Å²) in [6.45, 7) is 3.60. The summed E-state index contributed by atoms with van der Waals surface area (Å²) >= 11 is 5.96. The maximum absolute atomic E-state index is 6.14. The first kappa shape index (κ1) is 19.9. The summed E-state index contributed by atoms with van der Waals surface area (Å²) in [5.74, 6) is 2.32. The van der Waals surface area contributed by atoms with Crippen LogP contribution in [-0.4, -0.2) is 13.7 Å². The topological polar surface area (TPSA) is 39.7 Å². The van der Waals surface area contributed by atoms with Gasteiger partial charge in [-0.1, -0.05) is 35.9 Å². The number of rotatable bonds is 9. The molecule has 0 aliphatic heterocycles. The van der Waals surface area contributed by atoms with E-state index in [2.05, 4.69) is 5.32 Å². The van der Waals surface area contributed by atoms with Gasteiger partial charge in [0, 0.05) is 22.8 Å². The summed E-state index contributed by atoms with van der Waals surface area (Å²) in [5.41, 5.74) is 3.08. The first-order valence-corrected chi connectivity index (χ1v) is 9.57. The molecule has 146 valence electrons. The molecule has 1 N–H and O–H groups in total. The van der Waals surface area contributed by atoms with Crippen molar-refractivity contribution in [1.82, 2.24) is 0 Å². The number of benzene rings is 3. The fraction of sp³-hybridized carbons (Fsp3) is 0.217. The average molecular weight is 398 g/mol. The van der Waals surface area contributed by atoms with Crippen molar-refractivity contribution in [2.45, 2.75) is 20.1 Å². The Morgan fingerprint density at radius 3 is 2.32 bits per heavy atom. The maximum atomic E-state index is 6.14. The molecule has 0 aliphatic carbocycles. The zero-order chi connectivity index (χ0) is 19.8. The van der Waals surface area contributed by atoms with Gasteiger partial charge in [-0.2, -0.15) is 0 Å². The highest BCUT2D eigenvalue weighted by molar-refractivity contribution is 6.30. The maximum Gasteiger partial charge on any atom is 0.166 e. The second kappa shape index (κ2) is 9.90. The molecule has 0 radical (unpaired) electrons. The van der Waals surface area contributed by atoms with Gasteiger partial charge in [-0.15, -0.1) is 0 Å². The SMILES string of the molecule is CCOc1cccc(CNc2ccc(OC)cc2)c1OCc1ccc(Cl)cc1. The van der Waals surface area contributed by atoms with Crippen molar-refractivity contribution in [2.24, 2.45) is 0 Å². The van der Waals surface area contributed by atoms with Crippen LogP contribution in [0, 0.1) is 0 Å². The third-order valence-electron chi connectivity index (χ3n) is 4.23. The van der Waals surface area contributed by atoms with Gasteiger partial charge in [0.15, 0.2) is 11.5 Å². The van der Waals surface area contributed by atoms with E-state index in [1.807, 2.05) is 73.7 Å². The van der Waals surface area contributed by atoms with Gasteiger partial charge in [-0.25, -0.2) is 0 Å². The lowest BCUT2D eigenvalue weighted by molar-refractivity contribution is 0.267. The predicted molar refractivity (Wildman–Crippen MR) is 114 cm³/mol. The Hall–Kier alpha value is -2.85. The number of halogens is 1. The smallest absolute Gasteiger partial charge is 0.166 e. The van der Waals surface area contributed by atoms with E-state index in [0.29, 0.717) is 24.8 Å². The summed E-state index contributed by atoms with van der Waals surface area (Å²) in [6.07, 6.45) is 0. The van der Waals surface area contributed by atoms with Crippen molar-refractivity contribution < 1.29 is 14.2 Å². The monoisotopic (exact) mass is 397 g/mol. The predicted octanol–water partition coefficient (Wildman–Crippen LogP) is 5.94. The van der Waals surface area contributed by atoms with Gasteiger partial charge in [0.25, 0.3) is 0 Å².